The van der Waals surface area contributed by atoms with E-state index in [0.717, 1.165) is 51.4 Å². The van der Waals surface area contributed by atoms with Gasteiger partial charge in [-0.05, 0) is 5.56 Å². The highest BCUT2D eigenvalue weighted by atomic mass is 19.3. The van der Waals surface area contributed by atoms with Crippen LogP contribution in [0.4, 0.5) is 8.78 Å². The molecule has 110 valence electrons. The molecule has 0 bridgehead atoms. The molecule has 3 rings (SSSR count). The predicted octanol–water partition coefficient (Wildman–Crippen LogP) is 1.71. The maximum absolute atomic E-state index is 12.5. The van der Waals surface area contributed by atoms with Crippen LogP contribution in [0.25, 0.3) is 0 Å². The third kappa shape index (κ3) is 3.16. The first kappa shape index (κ1) is 13.9. The average molecular weight is 281 g/mol. The summed E-state index contributed by atoms with van der Waals surface area (Å²) in [6, 6.07) is 7.39. The average Bonchev–Trinajstić information content (AvgIpc) is 2.44. The second-order valence-electron chi connectivity index (χ2n) is 5.68. The molecule has 1 aromatic carbocycles. The molecule has 0 amide bonds. The van der Waals surface area contributed by atoms with E-state index in [0.29, 0.717) is 6.04 Å². The molecule has 0 radical (unpaired) electrons. The topological polar surface area (TPSA) is 18.5 Å². The van der Waals surface area contributed by atoms with Crippen LogP contribution in [0.1, 0.15) is 17.6 Å². The van der Waals surface area contributed by atoms with Gasteiger partial charge < -0.3 is 5.32 Å². The van der Waals surface area contributed by atoms with Gasteiger partial charge in [0.15, 0.2) is 0 Å². The highest BCUT2D eigenvalue weighted by Gasteiger charge is 2.31. The SMILES string of the molecule is FC(F)c1ccc(CN2CC(N3CCNCC3)C2)cc1. The van der Waals surface area contributed by atoms with Gasteiger partial charge in [-0.15, -0.1) is 0 Å². The van der Waals surface area contributed by atoms with Gasteiger partial charge in [-0.1, -0.05) is 24.3 Å². The fourth-order valence-electron chi connectivity index (χ4n) is 2.98. The molecule has 2 saturated heterocycles. The van der Waals surface area contributed by atoms with Gasteiger partial charge in [0.1, 0.15) is 0 Å². The number of nitrogens with zero attached hydrogens (tertiary/aromatic N) is 2. The molecule has 20 heavy (non-hydrogen) atoms. The molecule has 2 fully saturated rings. The van der Waals surface area contributed by atoms with E-state index in [2.05, 4.69) is 15.1 Å². The molecule has 2 aliphatic heterocycles. The number of hydrogen-bond donors (Lipinski definition) is 1. The fraction of sp³-hybridized carbons (Fsp3) is 0.600. The van der Waals surface area contributed by atoms with Crippen molar-refractivity contribution in [2.24, 2.45) is 0 Å². The van der Waals surface area contributed by atoms with Gasteiger partial charge in [0.05, 0.1) is 0 Å². The van der Waals surface area contributed by atoms with Gasteiger partial charge in [-0.3, -0.25) is 9.80 Å². The van der Waals surface area contributed by atoms with Crippen molar-refractivity contribution in [3.8, 4) is 0 Å². The zero-order chi connectivity index (χ0) is 13.9. The Kier molecular flexibility index (Phi) is 4.29. The minimum absolute atomic E-state index is 0.107. The Bertz CT molecular complexity index is 423. The summed E-state index contributed by atoms with van der Waals surface area (Å²) in [5.74, 6) is 0. The number of likely N-dealkylation sites (tertiary alicyclic amines) is 1. The van der Waals surface area contributed by atoms with Gasteiger partial charge in [0.2, 0.25) is 0 Å². The summed E-state index contributed by atoms with van der Waals surface area (Å²) in [5.41, 5.74) is 1.23. The zero-order valence-electron chi connectivity index (χ0n) is 11.6. The van der Waals surface area contributed by atoms with E-state index in [9.17, 15) is 8.78 Å². The predicted molar refractivity (Wildman–Crippen MR) is 74.9 cm³/mol. The normalized spacial score (nSPS) is 22.1. The van der Waals surface area contributed by atoms with Gasteiger partial charge >= 0.3 is 0 Å². The molecule has 5 heteroatoms. The number of nitrogens with one attached hydrogen (secondary N) is 1. The first-order valence-electron chi connectivity index (χ1n) is 7.26. The molecule has 2 aliphatic rings. The monoisotopic (exact) mass is 281 g/mol. The molecule has 0 unspecified atom stereocenters. The van der Waals surface area contributed by atoms with Gasteiger partial charge in [-0.25, -0.2) is 8.78 Å². The van der Waals surface area contributed by atoms with Crippen LogP contribution in [0.2, 0.25) is 0 Å². The van der Waals surface area contributed by atoms with Crippen LogP contribution < -0.4 is 5.32 Å². The van der Waals surface area contributed by atoms with E-state index in [-0.39, 0.29) is 5.56 Å². The van der Waals surface area contributed by atoms with Crippen LogP contribution >= 0.6 is 0 Å². The van der Waals surface area contributed by atoms with Crippen LogP contribution in [0.3, 0.4) is 0 Å². The van der Waals surface area contributed by atoms with Gasteiger partial charge in [-0.2, -0.15) is 0 Å². The minimum Gasteiger partial charge on any atom is -0.314 e. The Balaban J connectivity index is 1.46. The molecule has 0 spiro atoms. The summed E-state index contributed by atoms with van der Waals surface area (Å²) in [4.78, 5) is 4.93. The van der Waals surface area contributed by atoms with E-state index in [1.807, 2.05) is 12.1 Å². The lowest BCUT2D eigenvalue weighted by atomic mass is 10.0. The first-order valence-corrected chi connectivity index (χ1v) is 7.26. The molecule has 0 saturated carbocycles. The van der Waals surface area contributed by atoms with E-state index >= 15 is 0 Å². The van der Waals surface area contributed by atoms with Crippen molar-refractivity contribution < 1.29 is 8.78 Å². The summed E-state index contributed by atoms with van der Waals surface area (Å²) >= 11 is 0. The van der Waals surface area contributed by atoms with E-state index in [4.69, 9.17) is 0 Å². The minimum atomic E-state index is -2.37. The summed E-state index contributed by atoms with van der Waals surface area (Å²) in [6.45, 7) is 7.51. The van der Waals surface area contributed by atoms with Crippen molar-refractivity contribution in [2.45, 2.75) is 19.0 Å². The third-order valence-corrected chi connectivity index (χ3v) is 4.24. The molecular formula is C15H21F2N3. The van der Waals surface area contributed by atoms with Crippen molar-refractivity contribution in [1.29, 1.82) is 0 Å². The molecule has 1 aromatic rings. The van der Waals surface area contributed by atoms with Crippen molar-refractivity contribution in [1.82, 2.24) is 15.1 Å². The van der Waals surface area contributed by atoms with Crippen LogP contribution in [0.5, 0.6) is 0 Å². The standard InChI is InChI=1S/C15H21F2N3/c16-15(17)13-3-1-12(2-4-13)9-19-10-14(11-19)20-7-5-18-6-8-20/h1-4,14-15,18H,5-11H2. The summed E-state index contributed by atoms with van der Waals surface area (Å²) in [6.07, 6.45) is -2.37. The summed E-state index contributed by atoms with van der Waals surface area (Å²) in [5, 5.41) is 3.37. The van der Waals surface area contributed by atoms with Gasteiger partial charge in [0, 0.05) is 57.4 Å². The van der Waals surface area contributed by atoms with Crippen molar-refractivity contribution in [3.63, 3.8) is 0 Å². The third-order valence-electron chi connectivity index (χ3n) is 4.24. The first-order chi connectivity index (χ1) is 9.72. The van der Waals surface area contributed by atoms with Crippen molar-refractivity contribution in [2.75, 3.05) is 39.3 Å². The highest BCUT2D eigenvalue weighted by molar-refractivity contribution is 5.23. The number of hydrogen-bond acceptors (Lipinski definition) is 3. The van der Waals surface area contributed by atoms with Crippen LogP contribution in [0.15, 0.2) is 24.3 Å². The maximum atomic E-state index is 12.5. The lowest BCUT2D eigenvalue weighted by molar-refractivity contribution is 0.0223. The molecule has 0 atom stereocenters. The Morgan fingerprint density at radius 3 is 2.35 bits per heavy atom. The molecule has 2 heterocycles. The Morgan fingerprint density at radius 2 is 1.75 bits per heavy atom. The maximum Gasteiger partial charge on any atom is 0.263 e. The Morgan fingerprint density at radius 1 is 1.10 bits per heavy atom. The largest absolute Gasteiger partial charge is 0.314 e. The lowest BCUT2D eigenvalue weighted by Gasteiger charge is -2.46. The highest BCUT2D eigenvalue weighted by Crippen LogP contribution is 2.21. The number of alkyl halides is 2. The number of halogens is 2. The van der Waals surface area contributed by atoms with E-state index in [1.54, 1.807) is 0 Å². The molecule has 3 nitrogen and oxygen atoms in total. The lowest BCUT2D eigenvalue weighted by Crippen LogP contribution is -2.62. The molecule has 0 aromatic heterocycles. The van der Waals surface area contributed by atoms with Crippen LogP contribution in [-0.2, 0) is 6.54 Å². The van der Waals surface area contributed by atoms with Gasteiger partial charge in [0.25, 0.3) is 6.43 Å². The number of piperazine rings is 1. The van der Waals surface area contributed by atoms with Crippen LogP contribution in [-0.4, -0.2) is 55.1 Å². The number of benzene rings is 1. The smallest absolute Gasteiger partial charge is 0.263 e. The van der Waals surface area contributed by atoms with Crippen molar-refractivity contribution in [3.05, 3.63) is 35.4 Å². The summed E-state index contributed by atoms with van der Waals surface area (Å²) < 4.78 is 24.9. The molecular weight excluding hydrogens is 260 g/mol. The van der Waals surface area contributed by atoms with Crippen LogP contribution in [0, 0.1) is 0 Å². The zero-order valence-corrected chi connectivity index (χ0v) is 11.6. The molecule has 0 aliphatic carbocycles. The second kappa shape index (κ2) is 6.16. The second-order valence-corrected chi connectivity index (χ2v) is 5.68. The summed E-state index contributed by atoms with van der Waals surface area (Å²) in [7, 11) is 0. The number of rotatable bonds is 4. The van der Waals surface area contributed by atoms with Crippen molar-refractivity contribution >= 4 is 0 Å². The molecule has 1 N–H and O–H groups in total. The fourth-order valence-corrected chi connectivity index (χ4v) is 2.98. The Labute approximate surface area is 118 Å². The van der Waals surface area contributed by atoms with E-state index in [1.165, 1.54) is 12.1 Å². The van der Waals surface area contributed by atoms with E-state index < -0.39 is 6.43 Å². The Hall–Kier alpha value is -1.04. The quantitative estimate of drug-likeness (QED) is 0.906.